The van der Waals surface area contributed by atoms with E-state index in [1.54, 1.807) is 0 Å². The average molecular weight is 1260 g/mol. The lowest BCUT2D eigenvalue weighted by Gasteiger charge is -2.41. The first kappa shape index (κ1) is 55.7. The Morgan fingerprint density at radius 1 is 0.408 bits per heavy atom. The van der Waals surface area contributed by atoms with Crippen LogP contribution in [0.2, 0.25) is 0 Å². The molecule has 0 aliphatic heterocycles. The molecule has 9 aromatic rings. The maximum Gasteiger partial charge on any atom is 0.0543 e. The van der Waals surface area contributed by atoms with Gasteiger partial charge in [0.1, 0.15) is 0 Å². The van der Waals surface area contributed by atoms with E-state index in [1.165, 1.54) is 104 Å². The number of hydrogen-bond donors (Lipinski definition) is 0. The summed E-state index contributed by atoms with van der Waals surface area (Å²) in [5.41, 5.74) is 16.6. The summed E-state index contributed by atoms with van der Waals surface area (Å²) in [4.78, 5) is 2.60. The summed E-state index contributed by atoms with van der Waals surface area (Å²) in [5, 5.41) is 5.26. The van der Waals surface area contributed by atoms with Crippen molar-refractivity contribution in [2.45, 2.75) is 38.5 Å². The van der Waals surface area contributed by atoms with E-state index < -0.39 is 0 Å². The number of fused-ring (bicyclic) bond motifs is 11. The van der Waals surface area contributed by atoms with Gasteiger partial charge in [-0.05, 0) is 129 Å². The highest BCUT2D eigenvalue weighted by molar-refractivity contribution is 9.31. The Bertz CT molecular complexity index is 3350. The Labute approximate surface area is 455 Å². The molecule has 12 atom stereocenters. The zero-order valence-corrected chi connectivity index (χ0v) is 58.2. The monoisotopic (exact) mass is 1250 g/mol. The second kappa shape index (κ2) is 23.2. The van der Waals surface area contributed by atoms with Crippen LogP contribution in [-0.4, -0.2) is 0 Å². The van der Waals surface area contributed by atoms with Crippen molar-refractivity contribution < 1.29 is 0 Å². The molecule has 0 bridgehead atoms. The third-order valence-corrected chi connectivity index (χ3v) is 118. The maximum atomic E-state index is 3.13. The Hall–Kier alpha value is 1.35. The fourth-order valence-electron chi connectivity index (χ4n) is 10.7. The second-order valence-corrected chi connectivity index (χ2v) is 83.9. The molecule has 2 aliphatic rings. The number of anilines is 3. The Kier molecular flexibility index (Phi) is 18.2. The lowest BCUT2D eigenvalue weighted by molar-refractivity contribution is 0.660. The van der Waals surface area contributed by atoms with Gasteiger partial charge in [0.25, 0.3) is 0 Å². The SMILES string of the molecule is CC1(C)c2ccccc2-c2c(N(c3ccccc3-c3cc4sc5ccccc5c4c4ccccc34)c3cccc4c3-c3ccccc3C4(C)C)cccc21.PPP(P(P)P)P(P(P)P)P(P(P)P)P(P)P. The molecule has 1 nitrogen and oxygen atoms in total. The van der Waals surface area contributed by atoms with Crippen molar-refractivity contribution in [3.8, 4) is 33.4 Å². The van der Waals surface area contributed by atoms with E-state index in [9.17, 15) is 0 Å². The molecule has 0 amide bonds. The molecule has 1 aromatic heterocycles. The summed E-state index contributed by atoms with van der Waals surface area (Å²) in [6.45, 7) is 10.4. The molecule has 11 rings (SSSR count). The molecule has 2 aliphatic carbocycles. The van der Waals surface area contributed by atoms with Gasteiger partial charge in [-0.1, -0.05) is 169 Å². The van der Waals surface area contributed by atoms with Gasteiger partial charge >= 0.3 is 0 Å². The Balaban J connectivity index is 0.000000295. The fraction of sp³-hybridized carbons (Fsp3) is 0.115. The van der Waals surface area contributed by atoms with Crippen molar-refractivity contribution >= 4 is 197 Å². The van der Waals surface area contributed by atoms with Crippen molar-refractivity contribution in [3.63, 3.8) is 0 Å². The van der Waals surface area contributed by atoms with E-state index in [4.69, 9.17) is 0 Å². The zero-order valence-electron chi connectivity index (χ0n) is 39.8. The molecule has 0 saturated heterocycles. The van der Waals surface area contributed by atoms with Gasteiger partial charge in [-0.25, -0.2) is 0 Å². The highest BCUT2D eigenvalue weighted by Crippen LogP contribution is 3.25. The molecule has 362 valence electrons. The average Bonchev–Trinajstić information content (AvgIpc) is 3.94. The van der Waals surface area contributed by atoms with E-state index in [2.05, 4.69) is 277 Å². The molecule has 19 heteroatoms. The van der Waals surface area contributed by atoms with Gasteiger partial charge < -0.3 is 4.90 Å². The molecule has 0 radical (unpaired) electrons. The van der Waals surface area contributed by atoms with Crippen LogP contribution in [0.25, 0.3) is 64.3 Å². The van der Waals surface area contributed by atoms with Crippen LogP contribution in [-0.2, 0) is 10.8 Å². The minimum absolute atomic E-state index is 0.0688. The number of rotatable bonds is 11. The van der Waals surface area contributed by atoms with Crippen LogP contribution >= 0.6 is 149 Å². The number of nitrogens with zero attached hydrogens (tertiary/aromatic N) is 1. The number of para-hydroxylation sites is 1. The topological polar surface area (TPSA) is 3.24 Å². The summed E-state index contributed by atoms with van der Waals surface area (Å²) in [7, 11) is 29.0. The predicted molar refractivity (Wildman–Crippen MR) is 376 cm³/mol. The quantitative estimate of drug-likeness (QED) is 0.117. The van der Waals surface area contributed by atoms with Crippen LogP contribution < -0.4 is 4.90 Å². The number of thiophene rings is 1. The molecular weight excluding hydrogens is 1200 g/mol. The molecule has 71 heavy (non-hydrogen) atoms. The highest BCUT2D eigenvalue weighted by Gasteiger charge is 2.41. The summed E-state index contributed by atoms with van der Waals surface area (Å²) in [6, 6.07) is 61.5. The molecule has 0 fully saturated rings. The van der Waals surface area contributed by atoms with Crippen LogP contribution in [0.1, 0.15) is 49.9 Å². The first-order valence-electron chi connectivity index (χ1n) is 22.8. The van der Waals surface area contributed by atoms with Crippen molar-refractivity contribution in [2.24, 2.45) is 0 Å². The normalized spacial score (nSPS) is 15.2. The largest absolute Gasteiger partial charge is 0.309 e. The standard InChI is InChI=1S/C52H39NS.H19P17/c1-51(2)39-23-11-7-20-35(39)49-41(51)25-15-28-44(49)53(45-29-16-26-42-50(45)36-21-8-12-24-40(36)52(42,3)4)43-27-13-9-18-33(43)38-31-47-48(34-19-6-5-17-32(34)38)37-22-10-14-30-46(37)54-47;1-10-15(11(2)3)17(14(8)9)16(12(4)5)13(6)7/h5-31H,1-4H3;10H,1-9H2. The van der Waals surface area contributed by atoms with Gasteiger partial charge in [-0.3, -0.25) is 0 Å². The van der Waals surface area contributed by atoms with Gasteiger partial charge in [0.05, 0.1) is 17.1 Å². The van der Waals surface area contributed by atoms with Gasteiger partial charge in [-0.2, -0.15) is 0 Å². The van der Waals surface area contributed by atoms with E-state index in [1.807, 2.05) is 11.3 Å². The minimum Gasteiger partial charge on any atom is -0.309 e. The van der Waals surface area contributed by atoms with Gasteiger partial charge in [-0.15, -0.1) is 91.7 Å². The molecule has 0 spiro atoms. The number of hydrogen-bond acceptors (Lipinski definition) is 2. The first-order valence-corrected chi connectivity index (χ1v) is 53.8. The highest BCUT2D eigenvalue weighted by atomic mass is 33.4. The lowest BCUT2D eigenvalue weighted by Crippen LogP contribution is -2.17. The minimum atomic E-state index is -0.122. The van der Waals surface area contributed by atoms with E-state index in [-0.39, 0.29) is 59.7 Å². The van der Waals surface area contributed by atoms with Crippen molar-refractivity contribution in [1.29, 1.82) is 0 Å². The maximum absolute atomic E-state index is 3.13. The van der Waals surface area contributed by atoms with Gasteiger partial charge in [0.2, 0.25) is 0 Å². The van der Waals surface area contributed by atoms with Crippen LogP contribution in [0.15, 0.2) is 164 Å². The number of benzene rings is 8. The smallest absolute Gasteiger partial charge is 0.0543 e. The van der Waals surface area contributed by atoms with Crippen LogP contribution in [0.3, 0.4) is 0 Å². The predicted octanol–water partition coefficient (Wildman–Crippen LogP) is 24.5. The molecule has 8 aromatic carbocycles. The molecule has 1 heterocycles. The summed E-state index contributed by atoms with van der Waals surface area (Å²) in [6.07, 6.45) is 0. The summed E-state index contributed by atoms with van der Waals surface area (Å²) < 4.78 is 2.64. The van der Waals surface area contributed by atoms with Gasteiger partial charge in [0, 0.05) is 47.7 Å². The van der Waals surface area contributed by atoms with Crippen LogP contribution in [0.5, 0.6) is 0 Å². The lowest BCUT2D eigenvalue weighted by atomic mass is 9.82. The van der Waals surface area contributed by atoms with Crippen molar-refractivity contribution in [3.05, 3.63) is 186 Å². The molecular formula is C52H58NP17S. The van der Waals surface area contributed by atoms with E-state index in [0.717, 1.165) is 7.96 Å². The van der Waals surface area contributed by atoms with Gasteiger partial charge in [0.15, 0.2) is 0 Å². The zero-order chi connectivity index (χ0) is 50.1. The van der Waals surface area contributed by atoms with Crippen LogP contribution in [0.4, 0.5) is 17.1 Å². The van der Waals surface area contributed by atoms with Crippen molar-refractivity contribution in [2.75, 3.05) is 4.90 Å². The van der Waals surface area contributed by atoms with E-state index in [0.29, 0.717) is 0 Å². The molecule has 0 N–H and O–H groups in total. The van der Waals surface area contributed by atoms with Crippen molar-refractivity contribution in [1.82, 2.24) is 0 Å². The van der Waals surface area contributed by atoms with Crippen LogP contribution in [0, 0.1) is 0 Å². The molecule has 12 unspecified atom stereocenters. The fourth-order valence-corrected chi connectivity index (χ4v) is 201. The summed E-state index contributed by atoms with van der Waals surface area (Å²) >= 11 is 1.90. The second-order valence-electron chi connectivity index (χ2n) is 18.5. The molecule has 0 saturated carbocycles. The third-order valence-electron chi connectivity index (χ3n) is 13.8. The Morgan fingerprint density at radius 2 is 0.845 bits per heavy atom. The summed E-state index contributed by atoms with van der Waals surface area (Å²) in [5.74, 6) is 0. The third kappa shape index (κ3) is 10.3. The Morgan fingerprint density at radius 3 is 1.37 bits per heavy atom. The van der Waals surface area contributed by atoms with E-state index >= 15 is 0 Å². The first-order chi connectivity index (χ1) is 34.1.